The van der Waals surface area contributed by atoms with Gasteiger partial charge in [0.25, 0.3) is 0 Å². The third-order valence-electron chi connectivity index (χ3n) is 4.13. The van der Waals surface area contributed by atoms with Gasteiger partial charge in [-0.2, -0.15) is 0 Å². The Labute approximate surface area is 112 Å². The molecule has 0 spiro atoms. The summed E-state index contributed by atoms with van der Waals surface area (Å²) in [5.41, 5.74) is 1.23. The van der Waals surface area contributed by atoms with Crippen LogP contribution >= 0.6 is 0 Å². The summed E-state index contributed by atoms with van der Waals surface area (Å²) in [5.74, 6) is -0.605. The van der Waals surface area contributed by atoms with Crippen LogP contribution in [-0.2, 0) is 5.41 Å². The molecule has 0 bridgehead atoms. The second-order valence-electron chi connectivity index (χ2n) is 5.38. The number of hydrogen-bond acceptors (Lipinski definition) is 1. The average Bonchev–Trinajstić information content (AvgIpc) is 3.13. The van der Waals surface area contributed by atoms with Gasteiger partial charge < -0.3 is 0 Å². The lowest BCUT2D eigenvalue weighted by Gasteiger charge is -2.11. The minimum atomic E-state index is -0.421. The van der Waals surface area contributed by atoms with Crippen molar-refractivity contribution in [2.45, 2.75) is 18.8 Å². The van der Waals surface area contributed by atoms with Gasteiger partial charge in [0.05, 0.1) is 5.56 Å². The maximum Gasteiger partial charge on any atom is 0.169 e. The first-order chi connectivity index (χ1) is 9.13. The normalized spacial score (nSPS) is 25.1. The first kappa shape index (κ1) is 12.1. The van der Waals surface area contributed by atoms with E-state index in [-0.39, 0.29) is 22.7 Å². The van der Waals surface area contributed by atoms with E-state index in [0.717, 1.165) is 12.0 Å². The van der Waals surface area contributed by atoms with Crippen LogP contribution in [0, 0.1) is 11.7 Å². The van der Waals surface area contributed by atoms with Crippen molar-refractivity contribution in [3.63, 3.8) is 0 Å². The molecule has 19 heavy (non-hydrogen) atoms. The van der Waals surface area contributed by atoms with E-state index in [1.165, 1.54) is 6.07 Å². The molecule has 0 unspecified atom stereocenters. The lowest BCUT2D eigenvalue weighted by atomic mass is 9.92. The Morgan fingerprint density at radius 3 is 2.42 bits per heavy atom. The largest absolute Gasteiger partial charge is 0.294 e. The Hall–Kier alpha value is -1.96. The first-order valence-electron chi connectivity index (χ1n) is 6.47. The van der Waals surface area contributed by atoms with Gasteiger partial charge in [-0.1, -0.05) is 49.4 Å². The highest BCUT2D eigenvalue weighted by Crippen LogP contribution is 2.55. The smallest absolute Gasteiger partial charge is 0.169 e. The molecule has 1 nitrogen and oxygen atoms in total. The summed E-state index contributed by atoms with van der Waals surface area (Å²) in [6, 6.07) is 16.2. The van der Waals surface area contributed by atoms with E-state index in [2.05, 4.69) is 6.92 Å². The molecule has 0 amide bonds. The van der Waals surface area contributed by atoms with Gasteiger partial charge in [-0.25, -0.2) is 4.39 Å². The molecule has 0 radical (unpaired) electrons. The predicted octanol–water partition coefficient (Wildman–Crippen LogP) is 3.99. The second-order valence-corrected chi connectivity index (χ2v) is 5.38. The minimum Gasteiger partial charge on any atom is -0.294 e. The van der Waals surface area contributed by atoms with E-state index in [1.54, 1.807) is 18.2 Å². The lowest BCUT2D eigenvalue weighted by molar-refractivity contribution is 0.0955. The third-order valence-corrected chi connectivity index (χ3v) is 4.13. The van der Waals surface area contributed by atoms with Crippen LogP contribution in [0.15, 0.2) is 54.6 Å². The van der Waals surface area contributed by atoms with E-state index in [9.17, 15) is 9.18 Å². The molecule has 2 atom stereocenters. The van der Waals surface area contributed by atoms with Crippen molar-refractivity contribution in [2.24, 2.45) is 5.92 Å². The van der Waals surface area contributed by atoms with Crippen LogP contribution < -0.4 is 0 Å². The van der Waals surface area contributed by atoms with Gasteiger partial charge in [-0.3, -0.25) is 4.79 Å². The van der Waals surface area contributed by atoms with Crippen LogP contribution in [0.4, 0.5) is 4.39 Å². The summed E-state index contributed by atoms with van der Waals surface area (Å²) < 4.78 is 13.7. The molecule has 0 aromatic heterocycles. The summed E-state index contributed by atoms with van der Waals surface area (Å²) in [5, 5.41) is 0. The molecule has 0 heterocycles. The number of rotatable bonds is 3. The number of carbonyl (C=O) groups excluding carboxylic acids is 1. The molecular weight excluding hydrogens is 239 g/mol. The fourth-order valence-corrected chi connectivity index (χ4v) is 2.73. The second kappa shape index (κ2) is 4.30. The highest BCUT2D eigenvalue weighted by molar-refractivity contribution is 6.01. The summed E-state index contributed by atoms with van der Waals surface area (Å²) in [6.45, 7) is 2.08. The van der Waals surface area contributed by atoms with Crippen molar-refractivity contribution in [2.75, 3.05) is 0 Å². The molecular formula is C17H15FO. The van der Waals surface area contributed by atoms with Crippen LogP contribution in [0.5, 0.6) is 0 Å². The summed E-state index contributed by atoms with van der Waals surface area (Å²) in [4.78, 5) is 12.4. The van der Waals surface area contributed by atoms with Crippen LogP contribution in [0.2, 0.25) is 0 Å². The molecule has 2 aromatic rings. The summed E-state index contributed by atoms with van der Waals surface area (Å²) in [6.07, 6.45) is 0.796. The molecule has 3 rings (SSSR count). The molecule has 1 aliphatic rings. The predicted molar refractivity (Wildman–Crippen MR) is 72.6 cm³/mol. The highest BCUT2D eigenvalue weighted by Gasteiger charge is 2.55. The molecule has 1 fully saturated rings. The lowest BCUT2D eigenvalue weighted by Crippen LogP contribution is -2.13. The zero-order chi connectivity index (χ0) is 13.5. The molecule has 2 aromatic carbocycles. The quantitative estimate of drug-likeness (QED) is 0.757. The summed E-state index contributed by atoms with van der Waals surface area (Å²) in [7, 11) is 0. The zero-order valence-corrected chi connectivity index (χ0v) is 10.8. The van der Waals surface area contributed by atoms with E-state index in [4.69, 9.17) is 0 Å². The standard InChI is InChI=1S/C17H15FO/c1-17(12-7-3-2-4-8-12)11-14(17)16(19)13-9-5-6-10-15(13)18/h2-10,14H,11H2,1H3/t14-,17-/m0/s1. The van der Waals surface area contributed by atoms with Gasteiger partial charge in [0.2, 0.25) is 0 Å². The fourth-order valence-electron chi connectivity index (χ4n) is 2.73. The number of ketones is 1. The van der Waals surface area contributed by atoms with Gasteiger partial charge in [0, 0.05) is 11.3 Å². The van der Waals surface area contributed by atoms with Crippen LogP contribution in [0.3, 0.4) is 0 Å². The minimum absolute atomic E-state index is 0.0792. The number of hydrogen-bond donors (Lipinski definition) is 0. The van der Waals surface area contributed by atoms with Gasteiger partial charge in [-0.15, -0.1) is 0 Å². The van der Waals surface area contributed by atoms with Crippen molar-refractivity contribution in [1.29, 1.82) is 0 Å². The molecule has 1 aliphatic carbocycles. The highest BCUT2D eigenvalue weighted by atomic mass is 19.1. The Morgan fingerprint density at radius 1 is 1.11 bits per heavy atom. The monoisotopic (exact) mass is 254 g/mol. The van der Waals surface area contributed by atoms with Gasteiger partial charge >= 0.3 is 0 Å². The molecule has 2 heteroatoms. The number of benzene rings is 2. The molecule has 0 aliphatic heterocycles. The van der Waals surface area contributed by atoms with E-state index in [1.807, 2.05) is 30.3 Å². The molecule has 96 valence electrons. The summed E-state index contributed by atoms with van der Waals surface area (Å²) >= 11 is 0. The molecule has 1 saturated carbocycles. The van der Waals surface area contributed by atoms with E-state index >= 15 is 0 Å². The Kier molecular flexibility index (Phi) is 2.74. The van der Waals surface area contributed by atoms with Crippen molar-refractivity contribution in [3.05, 3.63) is 71.5 Å². The van der Waals surface area contributed by atoms with Gasteiger partial charge in [-0.05, 0) is 24.1 Å². The van der Waals surface area contributed by atoms with Crippen LogP contribution in [0.1, 0.15) is 29.3 Å². The fraction of sp³-hybridized carbons (Fsp3) is 0.235. The van der Waals surface area contributed by atoms with Gasteiger partial charge in [0.15, 0.2) is 5.78 Å². The van der Waals surface area contributed by atoms with Crippen LogP contribution in [0.25, 0.3) is 0 Å². The van der Waals surface area contributed by atoms with E-state index < -0.39 is 5.82 Å². The van der Waals surface area contributed by atoms with Gasteiger partial charge in [0.1, 0.15) is 5.82 Å². The van der Waals surface area contributed by atoms with Crippen molar-refractivity contribution >= 4 is 5.78 Å². The number of halogens is 1. The maximum atomic E-state index is 13.7. The van der Waals surface area contributed by atoms with Crippen molar-refractivity contribution in [1.82, 2.24) is 0 Å². The third kappa shape index (κ3) is 1.97. The SMILES string of the molecule is C[C@@]1(c2ccccc2)C[C@H]1C(=O)c1ccccc1F. The Bertz CT molecular complexity index is 620. The van der Waals surface area contributed by atoms with E-state index in [0.29, 0.717) is 0 Å². The van der Waals surface area contributed by atoms with Crippen molar-refractivity contribution < 1.29 is 9.18 Å². The number of Topliss-reactive ketones (excluding diaryl/α,β-unsaturated/α-hetero) is 1. The van der Waals surface area contributed by atoms with Crippen molar-refractivity contribution in [3.8, 4) is 0 Å². The zero-order valence-electron chi connectivity index (χ0n) is 10.8. The average molecular weight is 254 g/mol. The topological polar surface area (TPSA) is 17.1 Å². The molecule has 0 N–H and O–H groups in total. The Morgan fingerprint density at radius 2 is 1.74 bits per heavy atom. The van der Waals surface area contributed by atoms with Crippen LogP contribution in [-0.4, -0.2) is 5.78 Å². The molecule has 0 saturated heterocycles. The Balaban J connectivity index is 1.87. The maximum absolute atomic E-state index is 13.7. The number of carbonyl (C=O) groups is 1. The first-order valence-corrected chi connectivity index (χ1v) is 6.47.